The van der Waals surface area contributed by atoms with E-state index in [1.54, 1.807) is 12.1 Å². The smallest absolute Gasteiger partial charge is 0.362 e. The van der Waals surface area contributed by atoms with Gasteiger partial charge >= 0.3 is 6.18 Å². The lowest BCUT2D eigenvalue weighted by Crippen LogP contribution is -2.35. The van der Waals surface area contributed by atoms with Gasteiger partial charge in [-0.3, -0.25) is 4.79 Å². The molecular weight excluding hydrogens is 481 g/mol. The summed E-state index contributed by atoms with van der Waals surface area (Å²) in [5.41, 5.74) is 0.991. The van der Waals surface area contributed by atoms with Gasteiger partial charge in [-0.2, -0.15) is 18.3 Å². The molecule has 2 aromatic heterocycles. The van der Waals surface area contributed by atoms with Crippen molar-refractivity contribution in [3.63, 3.8) is 0 Å². The van der Waals surface area contributed by atoms with Crippen LogP contribution in [-0.2, 0) is 6.42 Å². The van der Waals surface area contributed by atoms with Gasteiger partial charge in [0.2, 0.25) is 0 Å². The summed E-state index contributed by atoms with van der Waals surface area (Å²) >= 11 is 4.68. The predicted molar refractivity (Wildman–Crippen MR) is 113 cm³/mol. The number of anilines is 1. The molecule has 0 radical (unpaired) electrons. The summed E-state index contributed by atoms with van der Waals surface area (Å²) in [7, 11) is 0. The molecule has 10 heteroatoms. The summed E-state index contributed by atoms with van der Waals surface area (Å²) in [4.78, 5) is 13.4. The highest BCUT2D eigenvalue weighted by Crippen LogP contribution is 2.46. The first-order valence-electron chi connectivity index (χ1n) is 9.31. The number of carbonyl (C=O) groups is 1. The van der Waals surface area contributed by atoms with Crippen LogP contribution in [0.3, 0.4) is 0 Å². The van der Waals surface area contributed by atoms with Crippen molar-refractivity contribution < 1.29 is 18.0 Å². The normalized spacial score (nSPS) is 18.5. The molecule has 0 spiro atoms. The number of nitrogens with one attached hydrogen (secondary N) is 2. The highest BCUT2D eigenvalue weighted by atomic mass is 79.9. The van der Waals surface area contributed by atoms with Gasteiger partial charge in [-0.1, -0.05) is 36.4 Å². The zero-order valence-electron chi connectivity index (χ0n) is 15.6. The van der Waals surface area contributed by atoms with Crippen LogP contribution in [-0.4, -0.2) is 28.4 Å². The maximum absolute atomic E-state index is 13.8. The third-order valence-corrected chi connectivity index (χ3v) is 6.68. The van der Waals surface area contributed by atoms with Gasteiger partial charge in [-0.05, 0) is 39.4 Å². The van der Waals surface area contributed by atoms with Gasteiger partial charge in [0.15, 0.2) is 11.7 Å². The molecule has 0 bridgehead atoms. The molecule has 3 heterocycles. The van der Waals surface area contributed by atoms with Crippen LogP contribution in [0.15, 0.2) is 52.3 Å². The Morgan fingerprint density at radius 2 is 2.03 bits per heavy atom. The number of aromatic nitrogens is 2. The molecule has 1 aliphatic heterocycles. The fourth-order valence-electron chi connectivity index (χ4n) is 3.46. The largest absolute Gasteiger partial charge is 0.410 e. The standard InChI is InChI=1S/C20H18BrF3N4OS/c21-16-17(19(29)25-9-8-12-5-2-1-3-6-12)27-28-15(20(22,23)24)11-13(26-18(16)28)14-7-4-10-30-14/h1-7,10,13,15,26H,8-9,11H2,(H,25,29)/t13-,15-/m0/s1. The number of thiophene rings is 1. The molecular formula is C20H18BrF3N4OS. The lowest BCUT2D eigenvalue weighted by atomic mass is 10.0. The zero-order valence-corrected chi connectivity index (χ0v) is 18.0. The Labute approximate surface area is 183 Å². The van der Waals surface area contributed by atoms with Gasteiger partial charge in [0.1, 0.15) is 5.82 Å². The summed E-state index contributed by atoms with van der Waals surface area (Å²) in [6.45, 7) is 0.353. The maximum Gasteiger partial charge on any atom is 0.410 e. The van der Waals surface area contributed by atoms with Crippen molar-refractivity contribution in [2.45, 2.75) is 31.1 Å². The number of rotatable bonds is 5. The van der Waals surface area contributed by atoms with E-state index in [0.717, 1.165) is 15.1 Å². The number of halogens is 4. The lowest BCUT2D eigenvalue weighted by Gasteiger charge is -2.33. The minimum Gasteiger partial charge on any atom is -0.362 e. The van der Waals surface area contributed by atoms with Crippen LogP contribution in [0.2, 0.25) is 0 Å². The fraction of sp³-hybridized carbons (Fsp3) is 0.300. The molecule has 5 nitrogen and oxygen atoms in total. The highest BCUT2D eigenvalue weighted by molar-refractivity contribution is 9.10. The molecule has 0 saturated carbocycles. The fourth-order valence-corrected chi connectivity index (χ4v) is 4.81. The van der Waals surface area contributed by atoms with Crippen LogP contribution >= 0.6 is 27.3 Å². The second-order valence-corrected chi connectivity index (χ2v) is 8.72. The van der Waals surface area contributed by atoms with Crippen LogP contribution in [0.5, 0.6) is 0 Å². The van der Waals surface area contributed by atoms with Crippen LogP contribution in [0, 0.1) is 0 Å². The third kappa shape index (κ3) is 4.24. The highest BCUT2D eigenvalue weighted by Gasteiger charge is 2.47. The Balaban J connectivity index is 1.56. The quantitative estimate of drug-likeness (QED) is 0.499. The minimum absolute atomic E-state index is 0.0633. The number of hydrogen-bond acceptors (Lipinski definition) is 4. The molecule has 30 heavy (non-hydrogen) atoms. The van der Waals surface area contributed by atoms with E-state index in [1.807, 2.05) is 35.7 Å². The molecule has 0 fully saturated rings. The van der Waals surface area contributed by atoms with E-state index in [1.165, 1.54) is 11.3 Å². The third-order valence-electron chi connectivity index (χ3n) is 4.94. The molecule has 0 unspecified atom stereocenters. The van der Waals surface area contributed by atoms with Crippen molar-refractivity contribution in [2.75, 3.05) is 11.9 Å². The SMILES string of the molecule is O=C(NCCc1ccccc1)c1nn2c(c1Br)N[C@H](c1cccs1)C[C@H]2C(F)(F)F. The molecule has 158 valence electrons. The van der Waals surface area contributed by atoms with Gasteiger partial charge in [0, 0.05) is 17.8 Å². The van der Waals surface area contributed by atoms with Crippen molar-refractivity contribution in [1.29, 1.82) is 0 Å². The lowest BCUT2D eigenvalue weighted by molar-refractivity contribution is -0.173. The summed E-state index contributed by atoms with van der Waals surface area (Å²) in [5.74, 6) is -0.356. The molecule has 2 atom stereocenters. The van der Waals surface area contributed by atoms with Crippen molar-refractivity contribution in [3.05, 3.63) is 68.5 Å². The summed E-state index contributed by atoms with van der Waals surface area (Å²) in [5, 5.41) is 11.7. The second kappa shape index (κ2) is 8.43. The molecule has 3 aromatic rings. The Hall–Kier alpha value is -2.33. The topological polar surface area (TPSA) is 59.0 Å². The number of alkyl halides is 3. The first-order chi connectivity index (χ1) is 14.3. The first kappa shape index (κ1) is 20.9. The van der Waals surface area contributed by atoms with Gasteiger partial charge in [0.25, 0.3) is 5.91 Å². The number of nitrogens with zero attached hydrogens (tertiary/aromatic N) is 2. The summed E-state index contributed by atoms with van der Waals surface area (Å²) < 4.78 is 42.4. The van der Waals surface area contributed by atoms with Crippen LogP contribution in [0.25, 0.3) is 0 Å². The molecule has 0 saturated heterocycles. The summed E-state index contributed by atoms with van der Waals surface area (Å²) in [6.07, 6.45) is -4.07. The molecule has 1 aliphatic rings. The number of amides is 1. The maximum atomic E-state index is 13.8. The summed E-state index contributed by atoms with van der Waals surface area (Å²) in [6, 6.07) is 10.9. The predicted octanol–water partition coefficient (Wildman–Crippen LogP) is 5.34. The van der Waals surface area contributed by atoms with Crippen molar-refractivity contribution in [2.24, 2.45) is 0 Å². The van der Waals surface area contributed by atoms with Crippen molar-refractivity contribution in [1.82, 2.24) is 15.1 Å². The van der Waals surface area contributed by atoms with E-state index in [0.29, 0.717) is 13.0 Å². The van der Waals surface area contributed by atoms with E-state index in [4.69, 9.17) is 0 Å². The Morgan fingerprint density at radius 3 is 2.70 bits per heavy atom. The molecule has 1 aromatic carbocycles. The Kier molecular flexibility index (Phi) is 5.88. The van der Waals surface area contributed by atoms with Crippen molar-refractivity contribution in [3.8, 4) is 0 Å². The van der Waals surface area contributed by atoms with Crippen LogP contribution in [0.4, 0.5) is 19.0 Å². The Morgan fingerprint density at radius 1 is 1.27 bits per heavy atom. The minimum atomic E-state index is -4.49. The number of benzene rings is 1. The van der Waals surface area contributed by atoms with E-state index in [2.05, 4.69) is 31.7 Å². The zero-order chi connectivity index (χ0) is 21.3. The number of fused-ring (bicyclic) bond motifs is 1. The molecule has 0 aliphatic carbocycles. The number of carbonyl (C=O) groups excluding carboxylic acids is 1. The molecule has 4 rings (SSSR count). The van der Waals surface area contributed by atoms with E-state index >= 15 is 0 Å². The Bertz CT molecular complexity index is 1020. The van der Waals surface area contributed by atoms with Crippen molar-refractivity contribution >= 4 is 39.0 Å². The van der Waals surface area contributed by atoms with Gasteiger partial charge < -0.3 is 10.6 Å². The van der Waals surface area contributed by atoms with Crippen LogP contribution in [0.1, 0.15) is 39.4 Å². The first-order valence-corrected chi connectivity index (χ1v) is 11.0. The van der Waals surface area contributed by atoms with E-state index in [9.17, 15) is 18.0 Å². The van der Waals surface area contributed by atoms with Gasteiger partial charge in [-0.25, -0.2) is 4.68 Å². The number of hydrogen-bond donors (Lipinski definition) is 2. The molecule has 1 amide bonds. The van der Waals surface area contributed by atoms with Gasteiger partial charge in [-0.15, -0.1) is 11.3 Å². The second-order valence-electron chi connectivity index (χ2n) is 6.95. The average molecular weight is 499 g/mol. The van der Waals surface area contributed by atoms with E-state index in [-0.39, 0.29) is 22.4 Å². The average Bonchev–Trinajstić information content (AvgIpc) is 3.36. The van der Waals surface area contributed by atoms with E-state index < -0.39 is 24.2 Å². The monoisotopic (exact) mass is 498 g/mol. The van der Waals surface area contributed by atoms with Gasteiger partial charge in [0.05, 0.1) is 10.5 Å². The molecule has 2 N–H and O–H groups in total. The van der Waals surface area contributed by atoms with Crippen LogP contribution < -0.4 is 10.6 Å².